The Morgan fingerprint density at radius 3 is 2.22 bits per heavy atom. The third-order valence-corrected chi connectivity index (χ3v) is 3.50. The van der Waals surface area contributed by atoms with E-state index in [0.29, 0.717) is 0 Å². The Morgan fingerprint density at radius 2 is 1.59 bits per heavy atom. The zero-order chi connectivity index (χ0) is 19.8. The molecule has 0 radical (unpaired) electrons. The van der Waals surface area contributed by atoms with Crippen molar-refractivity contribution in [3.63, 3.8) is 0 Å². The molecular formula is C18H17N3O6. The molecule has 27 heavy (non-hydrogen) atoms. The lowest BCUT2D eigenvalue weighted by Gasteiger charge is -2.11. The van der Waals surface area contributed by atoms with Crippen molar-refractivity contribution >= 4 is 29.4 Å². The van der Waals surface area contributed by atoms with Crippen molar-refractivity contribution in [3.8, 4) is 0 Å². The average molecular weight is 371 g/mol. The van der Waals surface area contributed by atoms with Gasteiger partial charge < -0.3 is 20.1 Å². The smallest absolute Gasteiger partial charge is 0.339 e. The summed E-state index contributed by atoms with van der Waals surface area (Å²) in [7, 11) is 2.37. The van der Waals surface area contributed by atoms with Gasteiger partial charge >= 0.3 is 23.8 Å². The van der Waals surface area contributed by atoms with E-state index in [1.807, 2.05) is 0 Å². The van der Waals surface area contributed by atoms with Gasteiger partial charge in [-0.2, -0.15) is 0 Å². The lowest BCUT2D eigenvalue weighted by atomic mass is 10.1. The summed E-state index contributed by atoms with van der Waals surface area (Å²) in [5.74, 6) is -3.31. The van der Waals surface area contributed by atoms with E-state index in [9.17, 15) is 19.2 Å². The van der Waals surface area contributed by atoms with Crippen LogP contribution in [0.2, 0.25) is 0 Å². The summed E-state index contributed by atoms with van der Waals surface area (Å²) >= 11 is 0. The van der Waals surface area contributed by atoms with Crippen molar-refractivity contribution in [1.29, 1.82) is 0 Å². The molecule has 0 saturated carbocycles. The summed E-state index contributed by atoms with van der Waals surface area (Å²) < 4.78 is 9.24. The predicted octanol–water partition coefficient (Wildman–Crippen LogP) is 0.910. The van der Waals surface area contributed by atoms with Crippen LogP contribution in [0.5, 0.6) is 0 Å². The first-order valence-electron chi connectivity index (χ1n) is 7.75. The number of benzene rings is 1. The monoisotopic (exact) mass is 371 g/mol. The van der Waals surface area contributed by atoms with Crippen molar-refractivity contribution in [3.05, 3.63) is 59.4 Å². The number of aromatic nitrogens is 1. The molecule has 0 fully saturated rings. The Kier molecular flexibility index (Phi) is 6.59. The minimum absolute atomic E-state index is 0.0135. The van der Waals surface area contributed by atoms with Crippen LogP contribution in [0.4, 0.5) is 5.69 Å². The maximum absolute atomic E-state index is 12.1. The van der Waals surface area contributed by atoms with Crippen molar-refractivity contribution in [1.82, 2.24) is 10.3 Å². The summed E-state index contributed by atoms with van der Waals surface area (Å²) in [4.78, 5) is 51.5. The lowest BCUT2D eigenvalue weighted by Crippen LogP contribution is -2.35. The van der Waals surface area contributed by atoms with Crippen molar-refractivity contribution in [2.75, 3.05) is 19.5 Å². The molecule has 0 aliphatic carbocycles. The Labute approximate surface area is 154 Å². The van der Waals surface area contributed by atoms with E-state index >= 15 is 0 Å². The van der Waals surface area contributed by atoms with Gasteiger partial charge in [-0.15, -0.1) is 0 Å². The van der Waals surface area contributed by atoms with Crippen LogP contribution in [-0.2, 0) is 25.6 Å². The number of rotatable bonds is 5. The number of carbonyl (C=O) groups is 4. The second-order valence-corrected chi connectivity index (χ2v) is 5.24. The number of esters is 2. The van der Waals surface area contributed by atoms with Gasteiger partial charge in [-0.05, 0) is 35.9 Å². The summed E-state index contributed by atoms with van der Waals surface area (Å²) in [6.07, 6.45) is 3.12. The Balaban J connectivity index is 2.15. The molecule has 9 nitrogen and oxygen atoms in total. The minimum Gasteiger partial charge on any atom is -0.465 e. The predicted molar refractivity (Wildman–Crippen MR) is 93.8 cm³/mol. The Morgan fingerprint density at radius 1 is 0.926 bits per heavy atom. The molecule has 0 aliphatic rings. The molecule has 1 aromatic heterocycles. The highest BCUT2D eigenvalue weighted by molar-refractivity contribution is 6.40. The topological polar surface area (TPSA) is 124 Å². The molecule has 0 unspecified atom stereocenters. The largest absolute Gasteiger partial charge is 0.465 e. The van der Waals surface area contributed by atoms with Gasteiger partial charge in [0.15, 0.2) is 0 Å². The molecule has 2 aromatic rings. The maximum atomic E-state index is 12.1. The van der Waals surface area contributed by atoms with Crippen LogP contribution in [-0.4, -0.2) is 43.0 Å². The minimum atomic E-state index is -1.00. The summed E-state index contributed by atoms with van der Waals surface area (Å²) in [6.45, 7) is 0.126. The number of ether oxygens (including phenoxy) is 2. The van der Waals surface area contributed by atoms with Crippen LogP contribution in [0.3, 0.4) is 0 Å². The highest BCUT2D eigenvalue weighted by Gasteiger charge is 2.20. The molecular weight excluding hydrogens is 354 g/mol. The van der Waals surface area contributed by atoms with Crippen molar-refractivity contribution < 1.29 is 28.7 Å². The highest BCUT2D eigenvalue weighted by atomic mass is 16.5. The van der Waals surface area contributed by atoms with Gasteiger partial charge in [-0.3, -0.25) is 14.6 Å². The van der Waals surface area contributed by atoms with Crippen LogP contribution < -0.4 is 10.6 Å². The quantitative estimate of drug-likeness (QED) is 0.591. The molecule has 2 N–H and O–H groups in total. The number of nitrogens with zero attached hydrogens (tertiary/aromatic N) is 1. The van der Waals surface area contributed by atoms with Gasteiger partial charge in [-0.25, -0.2) is 9.59 Å². The van der Waals surface area contributed by atoms with Crippen LogP contribution in [0.1, 0.15) is 26.3 Å². The van der Waals surface area contributed by atoms with E-state index in [2.05, 4.69) is 25.1 Å². The van der Waals surface area contributed by atoms with Crippen LogP contribution in [0.25, 0.3) is 0 Å². The first-order chi connectivity index (χ1) is 13.0. The summed E-state index contributed by atoms with van der Waals surface area (Å²) in [5, 5.41) is 4.75. The summed E-state index contributed by atoms with van der Waals surface area (Å²) in [5.41, 5.74) is 0.793. The maximum Gasteiger partial charge on any atom is 0.339 e. The fourth-order valence-electron chi connectivity index (χ4n) is 2.12. The SMILES string of the molecule is COC(=O)c1ccc(C(=O)OC)c(NC(=O)C(=O)NCc2ccncc2)c1. The Bertz CT molecular complexity index is 867. The molecule has 2 rings (SSSR count). The molecule has 2 amide bonds. The molecule has 140 valence electrons. The lowest BCUT2D eigenvalue weighted by molar-refractivity contribution is -0.136. The molecule has 0 aliphatic heterocycles. The number of anilines is 1. The van der Waals surface area contributed by atoms with E-state index in [0.717, 1.165) is 5.56 Å². The molecule has 9 heteroatoms. The molecule has 1 heterocycles. The number of carbonyl (C=O) groups excluding carboxylic acids is 4. The zero-order valence-electron chi connectivity index (χ0n) is 14.6. The van der Waals surface area contributed by atoms with Gasteiger partial charge in [0.25, 0.3) is 0 Å². The van der Waals surface area contributed by atoms with Crippen LogP contribution in [0.15, 0.2) is 42.7 Å². The highest BCUT2D eigenvalue weighted by Crippen LogP contribution is 2.19. The van der Waals surface area contributed by atoms with Gasteiger partial charge in [0, 0.05) is 18.9 Å². The third kappa shape index (κ3) is 5.11. The van der Waals surface area contributed by atoms with E-state index in [1.165, 1.54) is 32.4 Å². The van der Waals surface area contributed by atoms with Crippen molar-refractivity contribution in [2.45, 2.75) is 6.54 Å². The summed E-state index contributed by atoms with van der Waals surface area (Å²) in [6, 6.07) is 7.24. The number of methoxy groups -OCH3 is 2. The molecule has 1 aromatic carbocycles. The fourth-order valence-corrected chi connectivity index (χ4v) is 2.12. The van der Waals surface area contributed by atoms with Gasteiger partial charge in [0.1, 0.15) is 0 Å². The van der Waals surface area contributed by atoms with Crippen molar-refractivity contribution in [2.24, 2.45) is 0 Å². The number of amides is 2. The standard InChI is InChI=1S/C18H17N3O6/c1-26-17(24)12-3-4-13(18(25)27-2)14(9-12)21-16(23)15(22)20-10-11-5-7-19-8-6-11/h3-9H,10H2,1-2H3,(H,20,22)(H,21,23). The Hall–Kier alpha value is -3.75. The number of pyridine rings is 1. The molecule has 0 atom stereocenters. The second kappa shape index (κ2) is 9.09. The van der Waals surface area contributed by atoms with Crippen LogP contribution in [0, 0.1) is 0 Å². The van der Waals surface area contributed by atoms with E-state index < -0.39 is 23.8 Å². The molecule has 0 bridgehead atoms. The van der Waals surface area contributed by atoms with Gasteiger partial charge in [0.2, 0.25) is 0 Å². The normalized spacial score (nSPS) is 9.85. The number of hydrogen-bond donors (Lipinski definition) is 2. The molecule has 0 spiro atoms. The second-order valence-electron chi connectivity index (χ2n) is 5.24. The van der Waals surface area contributed by atoms with Gasteiger partial charge in [0.05, 0.1) is 31.0 Å². The van der Waals surface area contributed by atoms with Gasteiger partial charge in [-0.1, -0.05) is 0 Å². The van der Waals surface area contributed by atoms with Crippen LogP contribution >= 0.6 is 0 Å². The first kappa shape index (κ1) is 19.6. The molecule has 0 saturated heterocycles. The zero-order valence-corrected chi connectivity index (χ0v) is 14.6. The first-order valence-corrected chi connectivity index (χ1v) is 7.75. The van der Waals surface area contributed by atoms with E-state index in [-0.39, 0.29) is 23.4 Å². The third-order valence-electron chi connectivity index (χ3n) is 3.50. The fraction of sp³-hybridized carbons (Fsp3) is 0.167. The van der Waals surface area contributed by atoms with E-state index in [1.54, 1.807) is 24.5 Å². The van der Waals surface area contributed by atoms with E-state index in [4.69, 9.17) is 0 Å². The number of hydrogen-bond acceptors (Lipinski definition) is 7. The number of nitrogens with one attached hydrogen (secondary N) is 2. The average Bonchev–Trinajstić information content (AvgIpc) is 2.71.